The summed E-state index contributed by atoms with van der Waals surface area (Å²) in [5, 5.41) is 14.6. The lowest BCUT2D eigenvalue weighted by Crippen LogP contribution is -2.39. The number of nitrogens with zero attached hydrogens (tertiary/aromatic N) is 5. The van der Waals surface area contributed by atoms with Gasteiger partial charge in [-0.05, 0) is 51.9 Å². The summed E-state index contributed by atoms with van der Waals surface area (Å²) in [6.07, 6.45) is 0.736. The lowest BCUT2D eigenvalue weighted by Gasteiger charge is -2.34. The Balaban J connectivity index is 1.12. The molecular weight excluding hydrogens is 679 g/mol. The average molecular weight is 718 g/mol. The van der Waals surface area contributed by atoms with E-state index in [-0.39, 0.29) is 5.78 Å². The average Bonchev–Trinajstić information content (AvgIpc) is 3.75. The van der Waals surface area contributed by atoms with Gasteiger partial charge in [-0.15, -0.1) is 15.0 Å². The minimum absolute atomic E-state index is 0.103. The lowest BCUT2D eigenvalue weighted by atomic mass is 9.77. The van der Waals surface area contributed by atoms with Crippen molar-refractivity contribution in [2.45, 2.75) is 32.4 Å². The van der Waals surface area contributed by atoms with E-state index in [0.717, 1.165) is 51.1 Å². The molecule has 0 aliphatic rings. The van der Waals surface area contributed by atoms with Crippen LogP contribution in [0.15, 0.2) is 176 Å². The SMILES string of the molecule is CCc1cc(OCc2ccc(-c3ccccc3-c3nnn(C(c4ccccc4)(c4ccccc4)c4ccccc4)n3)cc2)c(C(=O)c2ccccc2)c(C)n1. The number of pyridine rings is 1. The minimum Gasteiger partial charge on any atom is -0.488 e. The molecule has 55 heavy (non-hydrogen) atoms. The fourth-order valence-electron chi connectivity index (χ4n) is 7.23. The van der Waals surface area contributed by atoms with Crippen LogP contribution in [0.5, 0.6) is 5.75 Å². The predicted octanol–water partition coefficient (Wildman–Crippen LogP) is 9.92. The normalized spacial score (nSPS) is 11.3. The molecule has 6 aromatic carbocycles. The van der Waals surface area contributed by atoms with Crippen LogP contribution >= 0.6 is 0 Å². The van der Waals surface area contributed by atoms with Crippen LogP contribution in [-0.4, -0.2) is 31.0 Å². The number of carbonyl (C=O) groups is 1. The molecule has 0 aliphatic carbocycles. The molecule has 0 saturated heterocycles. The maximum atomic E-state index is 13.6. The second kappa shape index (κ2) is 15.5. The van der Waals surface area contributed by atoms with Gasteiger partial charge in [0.05, 0.1) is 11.3 Å². The van der Waals surface area contributed by atoms with E-state index in [1.165, 1.54) is 0 Å². The highest BCUT2D eigenvalue weighted by atomic mass is 16.5. The van der Waals surface area contributed by atoms with Crippen LogP contribution in [0, 0.1) is 6.92 Å². The topological polar surface area (TPSA) is 82.8 Å². The Morgan fingerprint density at radius 3 is 1.75 bits per heavy atom. The standard InChI is InChI=1S/C48H39N5O2/c1-3-41-32-44(45(34(2)49-41)46(54)37-18-8-4-9-19-37)55-33-35-28-30-36(31-29-35)42-26-16-17-27-43(42)47-50-52-53(51-47)48(38-20-10-5-11-21-38,39-22-12-6-13-23-39)40-24-14-7-15-25-40/h4-32H,3,33H2,1-2H3. The van der Waals surface area contributed by atoms with Crippen molar-refractivity contribution in [3.8, 4) is 28.3 Å². The number of carbonyl (C=O) groups excluding carboxylic acids is 1. The first-order valence-electron chi connectivity index (χ1n) is 18.4. The fraction of sp³-hybridized carbons (Fsp3) is 0.104. The highest BCUT2D eigenvalue weighted by Crippen LogP contribution is 2.40. The molecule has 0 radical (unpaired) electrons. The number of aromatic nitrogens is 5. The van der Waals surface area contributed by atoms with Gasteiger partial charge in [0.1, 0.15) is 12.4 Å². The van der Waals surface area contributed by atoms with E-state index in [1.54, 1.807) is 4.80 Å². The van der Waals surface area contributed by atoms with E-state index in [1.807, 2.05) is 123 Å². The molecule has 0 saturated carbocycles. The van der Waals surface area contributed by atoms with Crippen molar-refractivity contribution in [1.82, 2.24) is 25.2 Å². The number of aryl methyl sites for hydroxylation is 2. The third kappa shape index (κ3) is 6.84. The molecular formula is C48H39N5O2. The maximum Gasteiger partial charge on any atom is 0.205 e. The Bertz CT molecular complexity index is 2440. The molecule has 0 aliphatic heterocycles. The lowest BCUT2D eigenvalue weighted by molar-refractivity contribution is 0.103. The van der Waals surface area contributed by atoms with Crippen molar-refractivity contribution in [3.63, 3.8) is 0 Å². The monoisotopic (exact) mass is 717 g/mol. The van der Waals surface area contributed by atoms with E-state index in [9.17, 15) is 4.79 Å². The van der Waals surface area contributed by atoms with E-state index < -0.39 is 5.54 Å². The Labute approximate surface area is 320 Å². The van der Waals surface area contributed by atoms with Gasteiger partial charge in [0.25, 0.3) is 0 Å². The Kier molecular flexibility index (Phi) is 9.91. The van der Waals surface area contributed by atoms with Crippen molar-refractivity contribution < 1.29 is 9.53 Å². The Hall–Kier alpha value is -6.99. The number of ether oxygens (including phenoxy) is 1. The molecule has 268 valence electrons. The Morgan fingerprint density at radius 2 is 1.18 bits per heavy atom. The zero-order valence-corrected chi connectivity index (χ0v) is 30.7. The predicted molar refractivity (Wildman–Crippen MR) is 216 cm³/mol. The number of tetrazole rings is 1. The van der Waals surface area contributed by atoms with Gasteiger partial charge in [0, 0.05) is 22.9 Å². The molecule has 0 amide bonds. The van der Waals surface area contributed by atoms with Gasteiger partial charge >= 0.3 is 0 Å². The van der Waals surface area contributed by atoms with Crippen LogP contribution in [0.4, 0.5) is 0 Å². The molecule has 7 nitrogen and oxygen atoms in total. The summed E-state index contributed by atoms with van der Waals surface area (Å²) >= 11 is 0. The van der Waals surface area contributed by atoms with E-state index in [0.29, 0.717) is 35.0 Å². The van der Waals surface area contributed by atoms with E-state index in [2.05, 4.69) is 71.7 Å². The highest BCUT2D eigenvalue weighted by Gasteiger charge is 2.41. The fourth-order valence-corrected chi connectivity index (χ4v) is 7.23. The van der Waals surface area contributed by atoms with Crippen LogP contribution < -0.4 is 4.74 Å². The van der Waals surface area contributed by atoms with Gasteiger partial charge < -0.3 is 4.74 Å². The summed E-state index contributed by atoms with van der Waals surface area (Å²) < 4.78 is 6.38. The maximum absolute atomic E-state index is 13.6. The first-order valence-corrected chi connectivity index (χ1v) is 18.4. The summed E-state index contributed by atoms with van der Waals surface area (Å²) in [7, 11) is 0. The van der Waals surface area contributed by atoms with Crippen LogP contribution in [0.25, 0.3) is 22.5 Å². The molecule has 0 unspecified atom stereocenters. The first-order chi connectivity index (χ1) is 27.1. The van der Waals surface area contributed by atoms with Crippen LogP contribution in [-0.2, 0) is 18.6 Å². The molecule has 2 aromatic heterocycles. The number of benzene rings is 6. The third-order valence-electron chi connectivity index (χ3n) is 9.96. The van der Waals surface area contributed by atoms with Crippen LogP contribution in [0.1, 0.15) is 56.5 Å². The molecule has 7 heteroatoms. The molecule has 0 bridgehead atoms. The van der Waals surface area contributed by atoms with Crippen LogP contribution in [0.3, 0.4) is 0 Å². The second-order valence-corrected chi connectivity index (χ2v) is 13.4. The van der Waals surface area contributed by atoms with Gasteiger partial charge in [0.2, 0.25) is 5.82 Å². The molecule has 2 heterocycles. The summed E-state index contributed by atoms with van der Waals surface area (Å²) in [6, 6.07) is 58.5. The molecule has 8 rings (SSSR count). The van der Waals surface area contributed by atoms with Gasteiger partial charge in [-0.25, -0.2) is 0 Å². The van der Waals surface area contributed by atoms with Gasteiger partial charge in [-0.2, -0.15) is 0 Å². The van der Waals surface area contributed by atoms with Crippen LogP contribution in [0.2, 0.25) is 0 Å². The van der Waals surface area contributed by atoms with Crippen molar-refractivity contribution >= 4 is 5.78 Å². The number of rotatable bonds is 12. The molecule has 8 aromatic rings. The summed E-state index contributed by atoms with van der Waals surface area (Å²) in [5.74, 6) is 0.958. The molecule has 0 N–H and O–H groups in total. The molecule has 0 fully saturated rings. The van der Waals surface area contributed by atoms with Crippen molar-refractivity contribution in [1.29, 1.82) is 0 Å². The number of hydrogen-bond donors (Lipinski definition) is 0. The van der Waals surface area contributed by atoms with Gasteiger partial charge in [-0.1, -0.05) is 177 Å². The number of hydrogen-bond acceptors (Lipinski definition) is 6. The first kappa shape index (κ1) is 35.1. The third-order valence-corrected chi connectivity index (χ3v) is 9.96. The van der Waals surface area contributed by atoms with Gasteiger partial charge in [0.15, 0.2) is 11.3 Å². The quantitative estimate of drug-likeness (QED) is 0.0925. The Morgan fingerprint density at radius 1 is 0.655 bits per heavy atom. The zero-order chi connectivity index (χ0) is 37.6. The van der Waals surface area contributed by atoms with Crippen molar-refractivity contribution in [3.05, 3.63) is 221 Å². The highest BCUT2D eigenvalue weighted by molar-refractivity contribution is 6.11. The summed E-state index contributed by atoms with van der Waals surface area (Å²) in [4.78, 5) is 20.0. The summed E-state index contributed by atoms with van der Waals surface area (Å²) in [6.45, 7) is 4.20. The largest absolute Gasteiger partial charge is 0.488 e. The zero-order valence-electron chi connectivity index (χ0n) is 30.7. The van der Waals surface area contributed by atoms with Crippen molar-refractivity contribution in [2.75, 3.05) is 0 Å². The summed E-state index contributed by atoms with van der Waals surface area (Å²) in [5.41, 5.74) is 8.63. The molecule has 0 atom stereocenters. The smallest absolute Gasteiger partial charge is 0.205 e. The second-order valence-electron chi connectivity index (χ2n) is 13.4. The van der Waals surface area contributed by atoms with Gasteiger partial charge in [-0.3, -0.25) is 9.78 Å². The van der Waals surface area contributed by atoms with E-state index >= 15 is 0 Å². The van der Waals surface area contributed by atoms with E-state index in [4.69, 9.17) is 20.1 Å². The minimum atomic E-state index is -0.873. The van der Waals surface area contributed by atoms with Crippen molar-refractivity contribution in [2.24, 2.45) is 0 Å². The molecule has 0 spiro atoms. The number of ketones is 1.